The highest BCUT2D eigenvalue weighted by Crippen LogP contribution is 2.15. The Kier molecular flexibility index (Phi) is 5.24. The van der Waals surface area contributed by atoms with Crippen LogP contribution in [-0.2, 0) is 11.3 Å². The van der Waals surface area contributed by atoms with Gasteiger partial charge in [0.25, 0.3) is 0 Å². The normalized spacial score (nSPS) is 13.4. The van der Waals surface area contributed by atoms with Crippen LogP contribution in [0.3, 0.4) is 0 Å². The van der Waals surface area contributed by atoms with Crippen LogP contribution in [0, 0.1) is 11.3 Å². The number of amides is 1. The van der Waals surface area contributed by atoms with Crippen LogP contribution < -0.4 is 5.32 Å². The van der Waals surface area contributed by atoms with Crippen molar-refractivity contribution in [3.05, 3.63) is 35.9 Å². The molecule has 0 aliphatic heterocycles. The van der Waals surface area contributed by atoms with Gasteiger partial charge < -0.3 is 10.1 Å². The molecule has 1 aromatic rings. The lowest BCUT2D eigenvalue weighted by Crippen LogP contribution is -2.46. The van der Waals surface area contributed by atoms with Gasteiger partial charge in [-0.05, 0) is 12.5 Å². The van der Waals surface area contributed by atoms with Crippen molar-refractivity contribution in [1.29, 1.82) is 5.26 Å². The third kappa shape index (κ3) is 5.34. The summed E-state index contributed by atoms with van der Waals surface area (Å²) >= 11 is 0. The maximum absolute atomic E-state index is 12.3. The smallest absolute Gasteiger partial charge is 0.408 e. The zero-order valence-electron chi connectivity index (χ0n) is 10.4. The van der Waals surface area contributed by atoms with E-state index >= 15 is 0 Å². The molecule has 0 spiro atoms. The van der Waals surface area contributed by atoms with Crippen LogP contribution in [0.5, 0.6) is 0 Å². The summed E-state index contributed by atoms with van der Waals surface area (Å²) in [4.78, 5) is 11.4. The van der Waals surface area contributed by atoms with Crippen molar-refractivity contribution in [1.82, 2.24) is 5.32 Å². The fourth-order valence-electron chi connectivity index (χ4n) is 1.42. The van der Waals surface area contributed by atoms with E-state index in [0.29, 0.717) is 0 Å². The number of carbonyl (C=O) groups excluding carboxylic acids is 1. The molecular formula is C13H14F2N2O2. The maximum atomic E-state index is 12.3. The molecule has 0 aromatic heterocycles. The summed E-state index contributed by atoms with van der Waals surface area (Å²) in [5.74, 6) is 0. The predicted octanol–water partition coefficient (Wildman–Crippen LogP) is 2.85. The van der Waals surface area contributed by atoms with E-state index in [1.54, 1.807) is 30.3 Å². The van der Waals surface area contributed by atoms with Crippen LogP contribution in [0.1, 0.15) is 18.9 Å². The number of alkyl carbamates (subject to hydrolysis) is 1. The summed E-state index contributed by atoms with van der Waals surface area (Å²) in [5.41, 5.74) is -0.868. The van der Waals surface area contributed by atoms with Crippen molar-refractivity contribution in [2.45, 2.75) is 31.9 Å². The summed E-state index contributed by atoms with van der Waals surface area (Å²) < 4.78 is 29.4. The lowest BCUT2D eigenvalue weighted by atomic mass is 10.0. The number of nitrogens with zero attached hydrogens (tertiary/aromatic N) is 1. The number of rotatable bonds is 5. The van der Waals surface area contributed by atoms with Crippen molar-refractivity contribution in [3.63, 3.8) is 0 Å². The van der Waals surface area contributed by atoms with Crippen molar-refractivity contribution in [3.8, 4) is 6.07 Å². The largest absolute Gasteiger partial charge is 0.445 e. The number of ether oxygens (including phenoxy) is 1. The molecule has 0 aliphatic rings. The summed E-state index contributed by atoms with van der Waals surface area (Å²) in [6, 6.07) is 10.6. The zero-order chi connectivity index (χ0) is 14.3. The van der Waals surface area contributed by atoms with Crippen molar-refractivity contribution in [2.24, 2.45) is 0 Å². The number of carbonyl (C=O) groups is 1. The van der Waals surface area contributed by atoms with E-state index in [2.05, 4.69) is 5.32 Å². The summed E-state index contributed by atoms with van der Waals surface area (Å²) in [6.45, 7) is 1.24. The number of hydrogen-bond donors (Lipinski definition) is 1. The molecule has 1 amide bonds. The van der Waals surface area contributed by atoms with Gasteiger partial charge in [0.15, 0.2) is 0 Å². The maximum Gasteiger partial charge on any atom is 0.408 e. The topological polar surface area (TPSA) is 62.1 Å². The second-order valence-corrected chi connectivity index (χ2v) is 4.23. The molecular weight excluding hydrogens is 254 g/mol. The SMILES string of the molecule is CC(C#N)(CC(F)F)NC(=O)OCc1ccccc1. The number of hydrogen-bond acceptors (Lipinski definition) is 3. The Morgan fingerprint density at radius 3 is 2.63 bits per heavy atom. The van der Waals surface area contributed by atoms with Crippen LogP contribution in [-0.4, -0.2) is 18.1 Å². The van der Waals surface area contributed by atoms with E-state index in [4.69, 9.17) is 10.00 Å². The number of nitrogens with one attached hydrogen (secondary N) is 1. The Bertz CT molecular complexity index is 459. The standard InChI is InChI=1S/C13H14F2N2O2/c1-13(9-16,7-11(14)15)17-12(18)19-8-10-5-3-2-4-6-10/h2-6,11H,7-8H2,1H3,(H,17,18). The van der Waals surface area contributed by atoms with Gasteiger partial charge in [-0.1, -0.05) is 30.3 Å². The molecule has 1 N–H and O–H groups in total. The molecule has 0 heterocycles. The minimum Gasteiger partial charge on any atom is -0.445 e. The molecule has 0 bridgehead atoms. The van der Waals surface area contributed by atoms with Crippen molar-refractivity contribution < 1.29 is 18.3 Å². The fraction of sp³-hybridized carbons (Fsp3) is 0.385. The highest BCUT2D eigenvalue weighted by Gasteiger charge is 2.30. The Balaban J connectivity index is 2.48. The lowest BCUT2D eigenvalue weighted by Gasteiger charge is -2.22. The predicted molar refractivity (Wildman–Crippen MR) is 64.4 cm³/mol. The number of halogens is 2. The summed E-state index contributed by atoms with van der Waals surface area (Å²) in [7, 11) is 0. The van der Waals surface area contributed by atoms with E-state index < -0.39 is 24.5 Å². The van der Waals surface area contributed by atoms with Gasteiger partial charge in [-0.15, -0.1) is 0 Å². The van der Waals surface area contributed by atoms with Crippen molar-refractivity contribution in [2.75, 3.05) is 0 Å². The third-order valence-electron chi connectivity index (χ3n) is 2.40. The molecule has 19 heavy (non-hydrogen) atoms. The van der Waals surface area contributed by atoms with Gasteiger partial charge in [-0.3, -0.25) is 0 Å². The quantitative estimate of drug-likeness (QED) is 0.893. The van der Waals surface area contributed by atoms with Gasteiger partial charge in [0.2, 0.25) is 6.43 Å². The molecule has 6 heteroatoms. The third-order valence-corrected chi connectivity index (χ3v) is 2.40. The average molecular weight is 268 g/mol. The van der Waals surface area contributed by atoms with E-state index in [1.165, 1.54) is 6.92 Å². The van der Waals surface area contributed by atoms with Crippen LogP contribution in [0.2, 0.25) is 0 Å². The Labute approximate surface area is 110 Å². The molecule has 1 rings (SSSR count). The molecule has 102 valence electrons. The van der Waals surface area contributed by atoms with Crippen LogP contribution in [0.25, 0.3) is 0 Å². The molecule has 0 aliphatic carbocycles. The van der Waals surface area contributed by atoms with Crippen molar-refractivity contribution >= 4 is 6.09 Å². The molecule has 1 unspecified atom stereocenters. The molecule has 1 atom stereocenters. The molecule has 0 radical (unpaired) electrons. The fourth-order valence-corrected chi connectivity index (χ4v) is 1.42. The van der Waals surface area contributed by atoms with Gasteiger partial charge in [0.05, 0.1) is 6.07 Å². The molecule has 0 saturated carbocycles. The van der Waals surface area contributed by atoms with Crippen LogP contribution in [0.4, 0.5) is 13.6 Å². The minimum atomic E-state index is -2.68. The van der Waals surface area contributed by atoms with Crippen LogP contribution >= 0.6 is 0 Å². The van der Waals surface area contributed by atoms with E-state index in [0.717, 1.165) is 5.56 Å². The van der Waals surface area contributed by atoms with Gasteiger partial charge in [-0.25, -0.2) is 13.6 Å². The second-order valence-electron chi connectivity index (χ2n) is 4.23. The number of benzene rings is 1. The number of alkyl halides is 2. The molecule has 4 nitrogen and oxygen atoms in total. The van der Waals surface area contributed by atoms with E-state index in [1.807, 2.05) is 6.07 Å². The monoisotopic (exact) mass is 268 g/mol. The average Bonchev–Trinajstić information content (AvgIpc) is 2.36. The highest BCUT2D eigenvalue weighted by atomic mass is 19.3. The molecule has 1 aromatic carbocycles. The Morgan fingerprint density at radius 2 is 2.11 bits per heavy atom. The molecule has 0 saturated heterocycles. The summed E-state index contributed by atoms with van der Waals surface area (Å²) in [5, 5.41) is 11.0. The Hall–Kier alpha value is -2.16. The first-order valence-electron chi connectivity index (χ1n) is 5.63. The van der Waals surface area contributed by atoms with Crippen LogP contribution in [0.15, 0.2) is 30.3 Å². The first-order valence-corrected chi connectivity index (χ1v) is 5.63. The second kappa shape index (κ2) is 6.69. The summed E-state index contributed by atoms with van der Waals surface area (Å²) in [6.07, 6.45) is -4.32. The highest BCUT2D eigenvalue weighted by molar-refractivity contribution is 5.68. The number of nitriles is 1. The minimum absolute atomic E-state index is 0.0167. The first kappa shape index (κ1) is 14.9. The molecule has 0 fully saturated rings. The van der Waals surface area contributed by atoms with Gasteiger partial charge in [0, 0.05) is 6.42 Å². The van der Waals surface area contributed by atoms with E-state index in [9.17, 15) is 13.6 Å². The van der Waals surface area contributed by atoms with Gasteiger partial charge in [0.1, 0.15) is 12.1 Å². The van der Waals surface area contributed by atoms with Gasteiger partial charge >= 0.3 is 6.09 Å². The van der Waals surface area contributed by atoms with E-state index in [-0.39, 0.29) is 6.61 Å². The Morgan fingerprint density at radius 1 is 1.47 bits per heavy atom. The van der Waals surface area contributed by atoms with Gasteiger partial charge in [-0.2, -0.15) is 5.26 Å². The lowest BCUT2D eigenvalue weighted by molar-refractivity contribution is 0.0991. The zero-order valence-corrected chi connectivity index (χ0v) is 10.4. The first-order chi connectivity index (χ1) is 8.95.